The first-order valence-electron chi connectivity index (χ1n) is 6.60. The van der Waals surface area contributed by atoms with Crippen LogP contribution in [-0.2, 0) is 11.3 Å². The quantitative estimate of drug-likeness (QED) is 0.721. The molecule has 2 rings (SSSR count). The molecule has 1 N–H and O–H groups in total. The maximum Gasteiger partial charge on any atom is 0.131 e. The van der Waals surface area contributed by atoms with E-state index in [2.05, 4.69) is 21.2 Å². The molecule has 2 aromatic carbocycles. The van der Waals surface area contributed by atoms with Gasteiger partial charge in [-0.1, -0.05) is 33.6 Å². The zero-order chi connectivity index (χ0) is 15.1. The van der Waals surface area contributed by atoms with Crippen molar-refractivity contribution in [2.75, 3.05) is 20.3 Å². The van der Waals surface area contributed by atoms with Gasteiger partial charge in [-0.25, -0.2) is 0 Å². The van der Waals surface area contributed by atoms with E-state index in [-0.39, 0.29) is 0 Å². The van der Waals surface area contributed by atoms with E-state index in [0.717, 1.165) is 28.1 Å². The summed E-state index contributed by atoms with van der Waals surface area (Å²) < 4.78 is 12.0. The molecule has 0 aliphatic carbocycles. The Morgan fingerprint density at radius 1 is 1.19 bits per heavy atom. The molecule has 0 atom stereocenters. The van der Waals surface area contributed by atoms with Gasteiger partial charge in [0.25, 0.3) is 0 Å². The van der Waals surface area contributed by atoms with Crippen LogP contribution < -0.4 is 10.1 Å². The minimum atomic E-state index is 0.657. The Bertz CT molecular complexity index is 592. The largest absolute Gasteiger partial charge is 0.457 e. The highest BCUT2D eigenvalue weighted by molar-refractivity contribution is 9.10. The molecule has 0 spiro atoms. The molecule has 0 radical (unpaired) electrons. The highest BCUT2D eigenvalue weighted by atomic mass is 79.9. The molecule has 0 saturated carbocycles. The summed E-state index contributed by atoms with van der Waals surface area (Å²) in [5, 5.41) is 3.97. The monoisotopic (exact) mass is 369 g/mol. The van der Waals surface area contributed by atoms with Gasteiger partial charge in [0.05, 0.1) is 6.61 Å². The molecule has 0 aromatic heterocycles. The molecule has 0 bridgehead atoms. The van der Waals surface area contributed by atoms with E-state index in [1.54, 1.807) is 13.2 Å². The minimum Gasteiger partial charge on any atom is -0.457 e. The van der Waals surface area contributed by atoms with E-state index < -0.39 is 0 Å². The van der Waals surface area contributed by atoms with E-state index >= 15 is 0 Å². The molecule has 0 fully saturated rings. The molecule has 0 aliphatic heterocycles. The smallest absolute Gasteiger partial charge is 0.131 e. The van der Waals surface area contributed by atoms with Crippen molar-refractivity contribution >= 4 is 27.5 Å². The number of hydrogen-bond donors (Lipinski definition) is 1. The highest BCUT2D eigenvalue weighted by Gasteiger charge is 2.06. The SMILES string of the molecule is COCCNCc1cc(Br)ccc1Oc1cccc(Cl)c1. The van der Waals surface area contributed by atoms with Crippen LogP contribution >= 0.6 is 27.5 Å². The van der Waals surface area contributed by atoms with Crippen molar-refractivity contribution in [1.82, 2.24) is 5.32 Å². The molecule has 0 unspecified atom stereocenters. The van der Waals surface area contributed by atoms with Gasteiger partial charge < -0.3 is 14.8 Å². The Morgan fingerprint density at radius 2 is 2.05 bits per heavy atom. The fraction of sp³-hybridized carbons (Fsp3) is 0.250. The number of ether oxygens (including phenoxy) is 2. The summed E-state index contributed by atoms with van der Waals surface area (Å²) in [6.45, 7) is 2.18. The van der Waals surface area contributed by atoms with Gasteiger partial charge >= 0.3 is 0 Å². The predicted octanol–water partition coefficient (Wildman–Crippen LogP) is 4.63. The summed E-state index contributed by atoms with van der Waals surface area (Å²) in [6, 6.07) is 13.3. The number of halogens is 2. The Labute approximate surface area is 138 Å². The van der Waals surface area contributed by atoms with Crippen LogP contribution in [0.4, 0.5) is 0 Å². The summed E-state index contributed by atoms with van der Waals surface area (Å²) in [6.07, 6.45) is 0. The summed E-state index contributed by atoms with van der Waals surface area (Å²) >= 11 is 9.47. The molecular weight excluding hydrogens is 354 g/mol. The summed E-state index contributed by atoms with van der Waals surface area (Å²) in [5.74, 6) is 1.54. The standard InChI is InChI=1S/C16H17BrClNO2/c1-20-8-7-19-11-12-9-13(17)5-6-16(12)21-15-4-2-3-14(18)10-15/h2-6,9-10,19H,7-8,11H2,1H3. The van der Waals surface area contributed by atoms with Crippen molar-refractivity contribution in [3.05, 3.63) is 57.5 Å². The van der Waals surface area contributed by atoms with E-state index in [1.807, 2.05) is 36.4 Å². The fourth-order valence-electron chi connectivity index (χ4n) is 1.84. The fourth-order valence-corrected chi connectivity index (χ4v) is 2.43. The summed E-state index contributed by atoms with van der Waals surface area (Å²) in [7, 11) is 1.69. The van der Waals surface area contributed by atoms with Gasteiger partial charge in [0.1, 0.15) is 11.5 Å². The van der Waals surface area contributed by atoms with Gasteiger partial charge in [0, 0.05) is 35.3 Å². The molecule has 3 nitrogen and oxygen atoms in total. The highest BCUT2D eigenvalue weighted by Crippen LogP contribution is 2.29. The van der Waals surface area contributed by atoms with E-state index in [9.17, 15) is 0 Å². The average Bonchev–Trinajstić information content (AvgIpc) is 2.46. The second-order valence-electron chi connectivity index (χ2n) is 4.48. The van der Waals surface area contributed by atoms with Crippen LogP contribution in [0.5, 0.6) is 11.5 Å². The lowest BCUT2D eigenvalue weighted by atomic mass is 10.2. The van der Waals surface area contributed by atoms with Gasteiger partial charge in [-0.3, -0.25) is 0 Å². The van der Waals surface area contributed by atoms with Gasteiger partial charge in [0.2, 0.25) is 0 Å². The zero-order valence-electron chi connectivity index (χ0n) is 11.7. The first kappa shape index (κ1) is 16.3. The zero-order valence-corrected chi connectivity index (χ0v) is 14.1. The van der Waals surface area contributed by atoms with Crippen molar-refractivity contribution in [3.63, 3.8) is 0 Å². The molecule has 0 amide bonds. The Hall–Kier alpha value is -1.07. The third-order valence-electron chi connectivity index (χ3n) is 2.84. The molecule has 0 aliphatic rings. The van der Waals surface area contributed by atoms with Gasteiger partial charge in [-0.15, -0.1) is 0 Å². The predicted molar refractivity (Wildman–Crippen MR) is 89.3 cm³/mol. The lowest BCUT2D eigenvalue weighted by molar-refractivity contribution is 0.199. The molecule has 21 heavy (non-hydrogen) atoms. The third-order valence-corrected chi connectivity index (χ3v) is 3.57. The van der Waals surface area contributed by atoms with Crippen LogP contribution in [0.2, 0.25) is 5.02 Å². The van der Waals surface area contributed by atoms with Crippen LogP contribution in [0.15, 0.2) is 46.9 Å². The van der Waals surface area contributed by atoms with Crippen molar-refractivity contribution in [1.29, 1.82) is 0 Å². The normalized spacial score (nSPS) is 10.6. The molecule has 2 aromatic rings. The number of nitrogens with one attached hydrogen (secondary N) is 1. The van der Waals surface area contributed by atoms with Crippen molar-refractivity contribution in [2.45, 2.75) is 6.54 Å². The van der Waals surface area contributed by atoms with Crippen LogP contribution in [-0.4, -0.2) is 20.3 Å². The van der Waals surface area contributed by atoms with Gasteiger partial charge in [0.15, 0.2) is 0 Å². The Kier molecular flexibility index (Phi) is 6.51. The Morgan fingerprint density at radius 3 is 2.81 bits per heavy atom. The van der Waals surface area contributed by atoms with Crippen LogP contribution in [0, 0.1) is 0 Å². The maximum atomic E-state index is 5.98. The number of benzene rings is 2. The lowest BCUT2D eigenvalue weighted by Crippen LogP contribution is -2.18. The third kappa shape index (κ3) is 5.32. The van der Waals surface area contributed by atoms with E-state index in [1.165, 1.54) is 0 Å². The molecule has 0 saturated heterocycles. The Balaban J connectivity index is 2.10. The summed E-state index contributed by atoms with van der Waals surface area (Å²) in [4.78, 5) is 0. The van der Waals surface area contributed by atoms with Gasteiger partial charge in [-0.2, -0.15) is 0 Å². The summed E-state index contributed by atoms with van der Waals surface area (Å²) in [5.41, 5.74) is 1.07. The van der Waals surface area contributed by atoms with Gasteiger partial charge in [-0.05, 0) is 36.4 Å². The second kappa shape index (κ2) is 8.39. The van der Waals surface area contributed by atoms with E-state index in [0.29, 0.717) is 18.2 Å². The molecule has 0 heterocycles. The number of methoxy groups -OCH3 is 1. The lowest BCUT2D eigenvalue weighted by Gasteiger charge is -2.13. The number of hydrogen-bond acceptors (Lipinski definition) is 3. The average molecular weight is 371 g/mol. The topological polar surface area (TPSA) is 30.5 Å². The first-order valence-corrected chi connectivity index (χ1v) is 7.77. The minimum absolute atomic E-state index is 0.657. The van der Waals surface area contributed by atoms with Crippen LogP contribution in [0.25, 0.3) is 0 Å². The molecular formula is C16H17BrClNO2. The van der Waals surface area contributed by atoms with Crippen molar-refractivity contribution < 1.29 is 9.47 Å². The number of rotatable bonds is 7. The maximum absolute atomic E-state index is 5.98. The van der Waals surface area contributed by atoms with Crippen molar-refractivity contribution in [2.24, 2.45) is 0 Å². The van der Waals surface area contributed by atoms with Crippen LogP contribution in [0.3, 0.4) is 0 Å². The molecule has 112 valence electrons. The van der Waals surface area contributed by atoms with Crippen LogP contribution in [0.1, 0.15) is 5.56 Å². The van der Waals surface area contributed by atoms with Crippen molar-refractivity contribution in [3.8, 4) is 11.5 Å². The second-order valence-corrected chi connectivity index (χ2v) is 5.83. The molecule has 5 heteroatoms. The van der Waals surface area contributed by atoms with E-state index in [4.69, 9.17) is 21.1 Å². The first-order chi connectivity index (χ1) is 10.2.